The van der Waals surface area contributed by atoms with Crippen molar-refractivity contribution in [3.63, 3.8) is 0 Å². The fourth-order valence-electron chi connectivity index (χ4n) is 1.45. The molecule has 2 aromatic rings. The minimum Gasteiger partial charge on any atom is -0.506 e. The molecular formula is C12H13N3O3. The molecule has 0 atom stereocenters. The first-order valence-electron chi connectivity index (χ1n) is 5.35. The lowest BCUT2D eigenvalue weighted by Crippen LogP contribution is -2.22. The van der Waals surface area contributed by atoms with E-state index in [9.17, 15) is 9.90 Å². The first-order valence-corrected chi connectivity index (χ1v) is 5.35. The SMILES string of the molecule is Cc1cc(CNC(=O)c2ccc(N)c(O)c2)on1. The summed E-state index contributed by atoms with van der Waals surface area (Å²) in [5, 5.41) is 15.8. The van der Waals surface area contributed by atoms with E-state index in [2.05, 4.69) is 10.5 Å². The van der Waals surface area contributed by atoms with Gasteiger partial charge in [0.25, 0.3) is 5.91 Å². The molecule has 1 amide bonds. The number of nitrogens with zero attached hydrogens (tertiary/aromatic N) is 1. The van der Waals surface area contributed by atoms with Crippen LogP contribution in [0.25, 0.3) is 0 Å². The van der Waals surface area contributed by atoms with E-state index in [1.54, 1.807) is 13.0 Å². The molecule has 6 heteroatoms. The van der Waals surface area contributed by atoms with Crippen molar-refractivity contribution in [2.45, 2.75) is 13.5 Å². The number of aromatic hydroxyl groups is 1. The molecular weight excluding hydrogens is 234 g/mol. The van der Waals surface area contributed by atoms with Gasteiger partial charge in [0.15, 0.2) is 5.76 Å². The number of benzene rings is 1. The van der Waals surface area contributed by atoms with Crippen LogP contribution < -0.4 is 11.1 Å². The molecule has 0 saturated heterocycles. The van der Waals surface area contributed by atoms with Gasteiger partial charge in [-0.25, -0.2) is 0 Å². The highest BCUT2D eigenvalue weighted by atomic mass is 16.5. The van der Waals surface area contributed by atoms with Gasteiger partial charge in [-0.15, -0.1) is 0 Å². The Morgan fingerprint density at radius 2 is 2.28 bits per heavy atom. The summed E-state index contributed by atoms with van der Waals surface area (Å²) in [6, 6.07) is 6.07. The minimum atomic E-state index is -0.320. The normalized spacial score (nSPS) is 10.3. The van der Waals surface area contributed by atoms with E-state index in [4.69, 9.17) is 10.3 Å². The van der Waals surface area contributed by atoms with E-state index in [1.807, 2.05) is 0 Å². The Morgan fingerprint density at radius 1 is 1.50 bits per heavy atom. The van der Waals surface area contributed by atoms with Crippen LogP contribution in [0, 0.1) is 6.92 Å². The number of nitrogen functional groups attached to an aromatic ring is 1. The first-order chi connectivity index (χ1) is 8.56. The zero-order valence-electron chi connectivity index (χ0n) is 9.80. The number of phenols is 1. The van der Waals surface area contributed by atoms with Crippen LogP contribution in [-0.4, -0.2) is 16.2 Å². The molecule has 1 heterocycles. The lowest BCUT2D eigenvalue weighted by atomic mass is 10.2. The third kappa shape index (κ3) is 2.60. The monoisotopic (exact) mass is 247 g/mol. The number of aromatic nitrogens is 1. The molecule has 0 aliphatic carbocycles. The number of hydrogen-bond acceptors (Lipinski definition) is 5. The highest BCUT2D eigenvalue weighted by Gasteiger charge is 2.09. The molecule has 0 unspecified atom stereocenters. The Balaban J connectivity index is 2.01. The van der Waals surface area contributed by atoms with Crippen molar-refractivity contribution < 1.29 is 14.4 Å². The van der Waals surface area contributed by atoms with Crippen LogP contribution in [0.1, 0.15) is 21.8 Å². The summed E-state index contributed by atoms with van der Waals surface area (Å²) >= 11 is 0. The number of carbonyl (C=O) groups is 1. The van der Waals surface area contributed by atoms with Gasteiger partial charge in [-0.1, -0.05) is 5.16 Å². The summed E-state index contributed by atoms with van der Waals surface area (Å²) < 4.78 is 4.96. The second-order valence-electron chi connectivity index (χ2n) is 3.89. The largest absolute Gasteiger partial charge is 0.506 e. The Kier molecular flexibility index (Phi) is 3.18. The molecule has 2 rings (SSSR count). The number of hydrogen-bond donors (Lipinski definition) is 3. The fourth-order valence-corrected chi connectivity index (χ4v) is 1.45. The molecule has 0 spiro atoms. The lowest BCUT2D eigenvalue weighted by molar-refractivity contribution is 0.0946. The van der Waals surface area contributed by atoms with Gasteiger partial charge in [0, 0.05) is 11.6 Å². The fraction of sp³-hybridized carbons (Fsp3) is 0.167. The maximum absolute atomic E-state index is 11.8. The summed E-state index contributed by atoms with van der Waals surface area (Å²) in [5.74, 6) is 0.137. The van der Waals surface area contributed by atoms with Crippen LogP contribution in [0.5, 0.6) is 5.75 Å². The maximum Gasteiger partial charge on any atom is 0.251 e. The van der Waals surface area contributed by atoms with Gasteiger partial charge >= 0.3 is 0 Å². The summed E-state index contributed by atoms with van der Waals surface area (Å²) in [7, 11) is 0. The Labute approximate surface area is 103 Å². The zero-order valence-corrected chi connectivity index (χ0v) is 9.80. The molecule has 94 valence electrons. The van der Waals surface area contributed by atoms with Gasteiger partial charge in [0.2, 0.25) is 0 Å². The smallest absolute Gasteiger partial charge is 0.251 e. The molecule has 0 radical (unpaired) electrons. The van der Waals surface area contributed by atoms with Gasteiger partial charge in [0.05, 0.1) is 17.9 Å². The molecule has 1 aromatic carbocycles. The number of carbonyl (C=O) groups excluding carboxylic acids is 1. The van der Waals surface area contributed by atoms with Gasteiger partial charge in [-0.05, 0) is 25.1 Å². The van der Waals surface area contributed by atoms with Crippen molar-refractivity contribution in [3.8, 4) is 5.75 Å². The van der Waals surface area contributed by atoms with Crippen molar-refractivity contribution in [1.82, 2.24) is 10.5 Å². The van der Waals surface area contributed by atoms with Crippen molar-refractivity contribution in [1.29, 1.82) is 0 Å². The molecule has 0 bridgehead atoms. The number of nitrogens with two attached hydrogens (primary N) is 1. The Bertz CT molecular complexity index is 578. The topological polar surface area (TPSA) is 101 Å². The second-order valence-corrected chi connectivity index (χ2v) is 3.89. The van der Waals surface area contributed by atoms with Crippen LogP contribution >= 0.6 is 0 Å². The molecule has 0 aliphatic rings. The standard InChI is InChI=1S/C12H13N3O3/c1-7-4-9(18-15-7)6-14-12(17)8-2-3-10(13)11(16)5-8/h2-5,16H,6,13H2,1H3,(H,14,17). The minimum absolute atomic E-state index is 0.113. The van der Waals surface area contributed by atoms with Crippen molar-refractivity contribution in [2.24, 2.45) is 0 Å². The molecule has 18 heavy (non-hydrogen) atoms. The maximum atomic E-state index is 11.8. The summed E-state index contributed by atoms with van der Waals surface area (Å²) in [4.78, 5) is 11.8. The van der Waals surface area contributed by atoms with Gasteiger partial charge in [-0.3, -0.25) is 4.79 Å². The predicted molar refractivity (Wildman–Crippen MR) is 64.9 cm³/mol. The average molecular weight is 247 g/mol. The van der Waals surface area contributed by atoms with Crippen molar-refractivity contribution in [3.05, 3.63) is 41.3 Å². The predicted octanol–water partition coefficient (Wildman–Crippen LogP) is 1.20. The third-order valence-corrected chi connectivity index (χ3v) is 2.39. The van der Waals surface area contributed by atoms with Crippen LogP contribution in [-0.2, 0) is 6.54 Å². The molecule has 0 aliphatic heterocycles. The van der Waals surface area contributed by atoms with E-state index in [0.29, 0.717) is 11.3 Å². The summed E-state index contributed by atoms with van der Waals surface area (Å²) in [6.45, 7) is 2.04. The number of amides is 1. The number of anilines is 1. The number of rotatable bonds is 3. The number of phenolic OH excluding ortho intramolecular Hbond substituents is 1. The number of nitrogens with one attached hydrogen (secondary N) is 1. The second kappa shape index (κ2) is 4.79. The highest BCUT2D eigenvalue weighted by Crippen LogP contribution is 2.20. The van der Waals surface area contributed by atoms with Crippen LogP contribution in [0.4, 0.5) is 5.69 Å². The summed E-state index contributed by atoms with van der Waals surface area (Å²) in [5.41, 5.74) is 6.77. The van der Waals surface area contributed by atoms with Gasteiger partial charge < -0.3 is 20.7 Å². The lowest BCUT2D eigenvalue weighted by Gasteiger charge is -2.04. The van der Waals surface area contributed by atoms with E-state index in [1.165, 1.54) is 18.2 Å². The van der Waals surface area contributed by atoms with Gasteiger partial charge in [-0.2, -0.15) is 0 Å². The van der Waals surface area contributed by atoms with Crippen LogP contribution in [0.2, 0.25) is 0 Å². The number of aryl methyl sites for hydroxylation is 1. The quantitative estimate of drug-likeness (QED) is 0.558. The van der Waals surface area contributed by atoms with Crippen molar-refractivity contribution in [2.75, 3.05) is 5.73 Å². The molecule has 6 nitrogen and oxygen atoms in total. The molecule has 0 fully saturated rings. The van der Waals surface area contributed by atoms with E-state index in [0.717, 1.165) is 5.69 Å². The van der Waals surface area contributed by atoms with E-state index < -0.39 is 0 Å². The van der Waals surface area contributed by atoms with E-state index in [-0.39, 0.29) is 23.9 Å². The Hall–Kier alpha value is -2.50. The zero-order chi connectivity index (χ0) is 13.1. The van der Waals surface area contributed by atoms with Crippen LogP contribution in [0.15, 0.2) is 28.8 Å². The van der Waals surface area contributed by atoms with Crippen molar-refractivity contribution >= 4 is 11.6 Å². The molecule has 1 aromatic heterocycles. The summed E-state index contributed by atoms with van der Waals surface area (Å²) in [6.07, 6.45) is 0. The highest BCUT2D eigenvalue weighted by molar-refractivity contribution is 5.95. The van der Waals surface area contributed by atoms with E-state index >= 15 is 0 Å². The first kappa shape index (κ1) is 12.0. The van der Waals surface area contributed by atoms with Gasteiger partial charge in [0.1, 0.15) is 5.75 Å². The Morgan fingerprint density at radius 3 is 2.89 bits per heavy atom. The van der Waals surface area contributed by atoms with Crippen LogP contribution in [0.3, 0.4) is 0 Å². The molecule has 4 N–H and O–H groups in total. The average Bonchev–Trinajstić information content (AvgIpc) is 2.75. The molecule has 0 saturated carbocycles. The third-order valence-electron chi connectivity index (χ3n) is 2.39.